The maximum Gasteiger partial charge on any atom is 0.197 e. The summed E-state index contributed by atoms with van der Waals surface area (Å²) in [5.74, 6) is 1.12. The summed E-state index contributed by atoms with van der Waals surface area (Å²) in [6.07, 6.45) is 0. The summed E-state index contributed by atoms with van der Waals surface area (Å²) in [6, 6.07) is 23.0. The summed E-state index contributed by atoms with van der Waals surface area (Å²) in [4.78, 5) is 13.7. The van der Waals surface area contributed by atoms with Crippen LogP contribution in [0.15, 0.2) is 92.4 Å². The van der Waals surface area contributed by atoms with E-state index < -0.39 is 10.8 Å². The molecule has 1 heterocycles. The van der Waals surface area contributed by atoms with E-state index in [1.165, 1.54) is 0 Å². The molecule has 0 fully saturated rings. The highest BCUT2D eigenvalue weighted by molar-refractivity contribution is 8.00. The molecule has 3 aromatic carbocycles. The van der Waals surface area contributed by atoms with Gasteiger partial charge in [0.05, 0.1) is 15.7 Å². The van der Waals surface area contributed by atoms with Crippen LogP contribution in [0.3, 0.4) is 0 Å². The molecule has 1 N–H and O–H groups in total. The van der Waals surface area contributed by atoms with Crippen LogP contribution in [0.5, 0.6) is 11.5 Å². The molecule has 0 saturated heterocycles. The molecule has 0 saturated carbocycles. The number of hydrogen-bond acceptors (Lipinski definition) is 5. The van der Waals surface area contributed by atoms with Gasteiger partial charge in [0.25, 0.3) is 0 Å². The molecule has 1 aliphatic heterocycles. The summed E-state index contributed by atoms with van der Waals surface area (Å²) in [5.41, 5.74) is 2.33. The lowest BCUT2D eigenvalue weighted by Gasteiger charge is -2.09. The Balaban J connectivity index is 1.67. The lowest BCUT2D eigenvalue weighted by Crippen LogP contribution is -2.14. The van der Waals surface area contributed by atoms with Crippen LogP contribution < -0.4 is 15.3 Å². The van der Waals surface area contributed by atoms with E-state index >= 15 is 0 Å². The molecule has 0 bridgehead atoms. The van der Waals surface area contributed by atoms with Crippen molar-refractivity contribution in [2.75, 3.05) is 0 Å². The topological polar surface area (TPSA) is 47.6 Å². The second kappa shape index (κ2) is 6.68. The van der Waals surface area contributed by atoms with E-state index in [-0.39, 0.29) is 0 Å². The van der Waals surface area contributed by atoms with Crippen LogP contribution in [0.1, 0.15) is 0 Å². The molecule has 4 nitrogen and oxygen atoms in total. The van der Waals surface area contributed by atoms with E-state index in [4.69, 9.17) is 9.68 Å². The summed E-state index contributed by atoms with van der Waals surface area (Å²) in [7, 11) is -1.31. The molecule has 120 valence electrons. The van der Waals surface area contributed by atoms with Crippen molar-refractivity contribution in [1.29, 1.82) is 0 Å². The van der Waals surface area contributed by atoms with Gasteiger partial charge in [-0.2, -0.15) is 0 Å². The average molecular weight is 355 g/mol. The fraction of sp³-hybridized carbons (Fsp3) is 0. The van der Waals surface area contributed by atoms with Gasteiger partial charge in [-0.1, -0.05) is 42.1 Å². The Morgan fingerprint density at radius 3 is 2.46 bits per heavy atom. The zero-order chi connectivity index (χ0) is 16.4. The highest BCUT2D eigenvalue weighted by Gasteiger charge is 2.18. The van der Waals surface area contributed by atoms with Gasteiger partial charge in [-0.05, 0) is 36.4 Å². The summed E-state index contributed by atoms with van der Waals surface area (Å²) in [6.45, 7) is 0. The van der Waals surface area contributed by atoms with Crippen molar-refractivity contribution < 1.29 is 13.9 Å². The van der Waals surface area contributed by atoms with E-state index in [0.29, 0.717) is 16.4 Å². The fourth-order valence-corrected chi connectivity index (χ4v) is 4.64. The third kappa shape index (κ3) is 3.03. The predicted molar refractivity (Wildman–Crippen MR) is 92.5 cm³/mol. The first-order valence-electron chi connectivity index (χ1n) is 7.28. The number of rotatable bonds is 4. The SMILES string of the molecule is O=S(c1ccc2c(c1)ONO2)c1ccccc1Sc1ccccc1. The smallest absolute Gasteiger partial charge is 0.197 e. The van der Waals surface area contributed by atoms with Gasteiger partial charge in [0.15, 0.2) is 11.5 Å². The van der Waals surface area contributed by atoms with Crippen molar-refractivity contribution in [3.8, 4) is 11.5 Å². The van der Waals surface area contributed by atoms with Crippen molar-refractivity contribution in [2.45, 2.75) is 19.6 Å². The molecular weight excluding hydrogens is 342 g/mol. The Bertz CT molecular complexity index is 900. The number of hydrogen-bond donors (Lipinski definition) is 1. The maximum atomic E-state index is 13.0. The van der Waals surface area contributed by atoms with Crippen LogP contribution in [0.2, 0.25) is 0 Å². The first-order valence-corrected chi connectivity index (χ1v) is 9.24. The lowest BCUT2D eigenvalue weighted by molar-refractivity contribution is 0.0259. The Kier molecular flexibility index (Phi) is 4.25. The minimum Gasteiger partial charge on any atom is -0.370 e. The number of fused-ring (bicyclic) bond motifs is 1. The van der Waals surface area contributed by atoms with Crippen LogP contribution in [0, 0.1) is 0 Å². The van der Waals surface area contributed by atoms with Crippen molar-refractivity contribution >= 4 is 22.6 Å². The molecule has 6 heteroatoms. The molecule has 1 aliphatic rings. The van der Waals surface area contributed by atoms with E-state index in [1.54, 1.807) is 30.0 Å². The predicted octanol–water partition coefficient (Wildman–Crippen LogP) is 4.20. The zero-order valence-electron chi connectivity index (χ0n) is 12.5. The van der Waals surface area contributed by atoms with Crippen molar-refractivity contribution in [3.63, 3.8) is 0 Å². The molecule has 0 spiro atoms. The first-order chi connectivity index (χ1) is 11.8. The van der Waals surface area contributed by atoms with Crippen molar-refractivity contribution in [3.05, 3.63) is 72.8 Å². The highest BCUT2D eigenvalue weighted by Crippen LogP contribution is 2.36. The average Bonchev–Trinajstić information content (AvgIpc) is 3.10. The lowest BCUT2D eigenvalue weighted by atomic mass is 10.3. The summed E-state index contributed by atoms with van der Waals surface area (Å²) < 4.78 is 13.0. The van der Waals surface area contributed by atoms with E-state index in [9.17, 15) is 4.21 Å². The normalized spacial score (nSPS) is 13.7. The van der Waals surface area contributed by atoms with E-state index in [1.807, 2.05) is 54.6 Å². The Labute approximate surface area is 146 Å². The standard InChI is InChI=1S/C18H13NO3S2/c20-24(14-10-11-15-16(12-14)22-19-21-15)18-9-5-4-8-17(18)23-13-6-2-1-3-7-13/h1-12,19H. The second-order valence-corrected chi connectivity index (χ2v) is 7.59. The molecule has 0 amide bonds. The van der Waals surface area contributed by atoms with Gasteiger partial charge in [-0.3, -0.25) is 0 Å². The largest absolute Gasteiger partial charge is 0.370 e. The van der Waals surface area contributed by atoms with E-state index in [2.05, 4.69) is 5.64 Å². The molecule has 0 aliphatic carbocycles. The third-order valence-corrected chi connectivity index (χ3v) is 6.10. The highest BCUT2D eigenvalue weighted by atomic mass is 32.2. The third-order valence-electron chi connectivity index (χ3n) is 3.45. The van der Waals surface area contributed by atoms with Crippen molar-refractivity contribution in [1.82, 2.24) is 5.64 Å². The van der Waals surface area contributed by atoms with Gasteiger partial charge >= 0.3 is 0 Å². The van der Waals surface area contributed by atoms with Crippen molar-refractivity contribution in [2.24, 2.45) is 0 Å². The Morgan fingerprint density at radius 2 is 1.58 bits per heavy atom. The number of benzene rings is 3. The van der Waals surface area contributed by atoms with Gasteiger partial charge in [0.1, 0.15) is 0 Å². The Hall–Kier alpha value is -2.28. The van der Waals surface area contributed by atoms with Gasteiger partial charge in [-0.25, -0.2) is 4.21 Å². The summed E-state index contributed by atoms with van der Waals surface area (Å²) >= 11 is 1.60. The van der Waals surface area contributed by atoms with Crippen LogP contribution in [0.25, 0.3) is 0 Å². The second-order valence-electron chi connectivity index (χ2n) is 5.03. The minimum absolute atomic E-state index is 0.536. The minimum atomic E-state index is -1.31. The molecular formula is C18H13NO3S2. The molecule has 0 aromatic heterocycles. The number of nitrogens with one attached hydrogen (secondary N) is 1. The van der Waals surface area contributed by atoms with Crippen LogP contribution in [0.4, 0.5) is 0 Å². The molecule has 1 unspecified atom stereocenters. The molecule has 4 rings (SSSR count). The molecule has 0 radical (unpaired) electrons. The van der Waals surface area contributed by atoms with Gasteiger partial charge in [-0.15, -0.1) is 0 Å². The van der Waals surface area contributed by atoms with Crippen LogP contribution in [-0.2, 0) is 10.8 Å². The van der Waals surface area contributed by atoms with E-state index in [0.717, 1.165) is 14.7 Å². The monoisotopic (exact) mass is 355 g/mol. The quantitative estimate of drug-likeness (QED) is 0.760. The van der Waals surface area contributed by atoms with Gasteiger partial charge in [0, 0.05) is 26.4 Å². The van der Waals surface area contributed by atoms with Crippen LogP contribution in [-0.4, -0.2) is 4.21 Å². The zero-order valence-corrected chi connectivity index (χ0v) is 14.1. The van der Waals surface area contributed by atoms with Crippen LogP contribution >= 0.6 is 11.8 Å². The van der Waals surface area contributed by atoms with Gasteiger partial charge in [0.2, 0.25) is 0 Å². The molecule has 1 atom stereocenters. The first kappa shape index (κ1) is 15.3. The Morgan fingerprint density at radius 1 is 0.833 bits per heavy atom. The fourth-order valence-electron chi connectivity index (χ4n) is 2.31. The summed E-state index contributed by atoms with van der Waals surface area (Å²) in [5, 5.41) is 0. The molecule has 24 heavy (non-hydrogen) atoms. The van der Waals surface area contributed by atoms with Gasteiger partial charge < -0.3 is 9.68 Å². The molecule has 3 aromatic rings. The maximum absolute atomic E-state index is 13.0.